The minimum absolute atomic E-state index is 0.00364. The van der Waals surface area contributed by atoms with E-state index in [1.165, 1.54) is 31.2 Å². The Labute approximate surface area is 122 Å². The average molecular weight is 341 g/mol. The van der Waals surface area contributed by atoms with E-state index in [4.69, 9.17) is 5.73 Å². The van der Waals surface area contributed by atoms with Crippen molar-refractivity contribution in [2.75, 3.05) is 11.1 Å². The second kappa shape index (κ2) is 5.58. The van der Waals surface area contributed by atoms with Gasteiger partial charge in [-0.25, -0.2) is 8.78 Å². The van der Waals surface area contributed by atoms with E-state index in [0.717, 1.165) is 6.07 Å². The Hall–Kier alpha value is -1.95. The van der Waals surface area contributed by atoms with Crippen molar-refractivity contribution in [3.63, 3.8) is 0 Å². The largest absolute Gasteiger partial charge is 0.398 e. The second-order valence-corrected chi connectivity index (χ2v) is 5.17. The number of amides is 1. The van der Waals surface area contributed by atoms with Crippen LogP contribution in [0, 0.1) is 18.6 Å². The lowest BCUT2D eigenvalue weighted by atomic mass is 10.1. The molecule has 3 N–H and O–H groups in total. The number of nitrogen functional groups attached to an aromatic ring is 1. The Balaban J connectivity index is 2.31. The maximum absolute atomic E-state index is 13.5. The van der Waals surface area contributed by atoms with Gasteiger partial charge in [0.25, 0.3) is 5.91 Å². The first kappa shape index (κ1) is 14.5. The molecule has 0 bridgehead atoms. The number of carbonyl (C=O) groups excluding carboxylic acids is 1. The van der Waals surface area contributed by atoms with Crippen LogP contribution in [0.15, 0.2) is 34.8 Å². The zero-order valence-electron chi connectivity index (χ0n) is 10.5. The van der Waals surface area contributed by atoms with Crippen molar-refractivity contribution in [2.24, 2.45) is 0 Å². The summed E-state index contributed by atoms with van der Waals surface area (Å²) in [5, 5.41) is 2.38. The summed E-state index contributed by atoms with van der Waals surface area (Å²) in [5.74, 6) is -1.79. The molecule has 0 saturated carbocycles. The van der Waals surface area contributed by atoms with Crippen LogP contribution < -0.4 is 11.1 Å². The van der Waals surface area contributed by atoms with Gasteiger partial charge >= 0.3 is 0 Å². The van der Waals surface area contributed by atoms with Gasteiger partial charge in [-0.15, -0.1) is 0 Å². The molecule has 0 unspecified atom stereocenters. The molecule has 2 aromatic rings. The number of halogens is 3. The highest BCUT2D eigenvalue weighted by molar-refractivity contribution is 9.10. The van der Waals surface area contributed by atoms with E-state index in [9.17, 15) is 13.6 Å². The molecule has 0 atom stereocenters. The summed E-state index contributed by atoms with van der Waals surface area (Å²) < 4.78 is 27.7. The molecular formula is C14H11BrF2N2O. The second-order valence-electron chi connectivity index (χ2n) is 4.25. The van der Waals surface area contributed by atoms with Crippen LogP contribution in [-0.4, -0.2) is 5.91 Å². The van der Waals surface area contributed by atoms with Crippen molar-refractivity contribution in [1.29, 1.82) is 0 Å². The molecule has 0 aromatic heterocycles. The Morgan fingerprint density at radius 2 is 1.90 bits per heavy atom. The van der Waals surface area contributed by atoms with E-state index in [1.54, 1.807) is 0 Å². The monoisotopic (exact) mass is 340 g/mol. The molecule has 0 fully saturated rings. The van der Waals surface area contributed by atoms with E-state index >= 15 is 0 Å². The minimum Gasteiger partial charge on any atom is -0.398 e. The summed E-state index contributed by atoms with van der Waals surface area (Å²) in [4.78, 5) is 12.0. The molecule has 104 valence electrons. The van der Waals surface area contributed by atoms with Crippen LogP contribution in [0.3, 0.4) is 0 Å². The first-order chi connectivity index (χ1) is 9.38. The van der Waals surface area contributed by atoms with Gasteiger partial charge in [-0.2, -0.15) is 0 Å². The molecule has 0 heterocycles. The number of hydrogen-bond acceptors (Lipinski definition) is 2. The fourth-order valence-corrected chi connectivity index (χ4v) is 1.98. The van der Waals surface area contributed by atoms with Crippen LogP contribution in [0.4, 0.5) is 20.2 Å². The normalized spacial score (nSPS) is 10.4. The SMILES string of the molecule is Cc1c(N)cc(C(=O)Nc2cc(Br)ccc2F)cc1F. The molecular weight excluding hydrogens is 330 g/mol. The fourth-order valence-electron chi connectivity index (χ4n) is 1.62. The maximum Gasteiger partial charge on any atom is 0.255 e. The fraction of sp³-hybridized carbons (Fsp3) is 0.0714. The smallest absolute Gasteiger partial charge is 0.255 e. The zero-order valence-corrected chi connectivity index (χ0v) is 12.1. The van der Waals surface area contributed by atoms with Crippen molar-refractivity contribution >= 4 is 33.2 Å². The summed E-state index contributed by atoms with van der Waals surface area (Å²) in [6.45, 7) is 1.51. The molecule has 0 saturated heterocycles. The Morgan fingerprint density at radius 1 is 1.20 bits per heavy atom. The number of nitrogens with two attached hydrogens (primary N) is 1. The Bertz CT molecular complexity index is 666. The van der Waals surface area contributed by atoms with Gasteiger partial charge in [-0.05, 0) is 37.3 Å². The van der Waals surface area contributed by atoms with Crippen LogP contribution in [0.2, 0.25) is 0 Å². The lowest BCUT2D eigenvalue weighted by Crippen LogP contribution is -2.14. The first-order valence-electron chi connectivity index (χ1n) is 5.70. The quantitative estimate of drug-likeness (QED) is 0.815. The van der Waals surface area contributed by atoms with Gasteiger partial charge < -0.3 is 11.1 Å². The highest BCUT2D eigenvalue weighted by atomic mass is 79.9. The topological polar surface area (TPSA) is 55.1 Å². The predicted octanol–water partition coefficient (Wildman–Crippen LogP) is 3.87. The minimum atomic E-state index is -0.632. The van der Waals surface area contributed by atoms with Gasteiger partial charge in [0.05, 0.1) is 5.69 Å². The third kappa shape index (κ3) is 2.96. The molecule has 0 aliphatic rings. The predicted molar refractivity (Wildman–Crippen MR) is 77.6 cm³/mol. The summed E-state index contributed by atoms with van der Waals surface area (Å²) >= 11 is 3.18. The third-order valence-electron chi connectivity index (χ3n) is 2.82. The number of carbonyl (C=O) groups is 1. The lowest BCUT2D eigenvalue weighted by Gasteiger charge is -2.09. The van der Waals surface area contributed by atoms with Crippen LogP contribution in [0.5, 0.6) is 0 Å². The van der Waals surface area contributed by atoms with E-state index in [0.29, 0.717) is 4.47 Å². The molecule has 0 radical (unpaired) electrons. The molecule has 0 aliphatic heterocycles. The number of rotatable bonds is 2. The van der Waals surface area contributed by atoms with Crippen molar-refractivity contribution in [1.82, 2.24) is 0 Å². The maximum atomic E-state index is 13.5. The van der Waals surface area contributed by atoms with Crippen molar-refractivity contribution < 1.29 is 13.6 Å². The number of anilines is 2. The van der Waals surface area contributed by atoms with Crippen molar-refractivity contribution in [3.05, 3.63) is 57.6 Å². The molecule has 2 aromatic carbocycles. The van der Waals surface area contributed by atoms with Gasteiger partial charge in [-0.3, -0.25) is 4.79 Å². The molecule has 2 rings (SSSR count). The molecule has 1 amide bonds. The molecule has 3 nitrogen and oxygen atoms in total. The zero-order chi connectivity index (χ0) is 14.9. The Morgan fingerprint density at radius 3 is 2.55 bits per heavy atom. The van der Waals surface area contributed by atoms with Crippen molar-refractivity contribution in [2.45, 2.75) is 6.92 Å². The third-order valence-corrected chi connectivity index (χ3v) is 3.32. The summed E-state index contributed by atoms with van der Waals surface area (Å²) in [6.07, 6.45) is 0. The van der Waals surface area contributed by atoms with Crippen molar-refractivity contribution in [3.8, 4) is 0 Å². The molecule has 0 spiro atoms. The number of nitrogens with one attached hydrogen (secondary N) is 1. The molecule has 6 heteroatoms. The van der Waals surface area contributed by atoms with E-state index in [2.05, 4.69) is 21.2 Å². The van der Waals surface area contributed by atoms with Crippen LogP contribution in [-0.2, 0) is 0 Å². The molecule has 0 aliphatic carbocycles. The highest BCUT2D eigenvalue weighted by Crippen LogP contribution is 2.22. The average Bonchev–Trinajstić information content (AvgIpc) is 2.39. The molecule has 20 heavy (non-hydrogen) atoms. The Kier molecular flexibility index (Phi) is 4.04. The lowest BCUT2D eigenvalue weighted by molar-refractivity contribution is 0.102. The summed E-state index contributed by atoms with van der Waals surface area (Å²) in [6, 6.07) is 6.56. The van der Waals surface area contributed by atoms with Crippen LogP contribution >= 0.6 is 15.9 Å². The summed E-state index contributed by atoms with van der Waals surface area (Å²) in [5.41, 5.74) is 6.09. The number of hydrogen-bond donors (Lipinski definition) is 2. The van der Waals surface area contributed by atoms with Gasteiger partial charge in [0.15, 0.2) is 0 Å². The highest BCUT2D eigenvalue weighted by Gasteiger charge is 2.13. The van der Waals surface area contributed by atoms with Gasteiger partial charge in [0.2, 0.25) is 0 Å². The van der Waals surface area contributed by atoms with Crippen LogP contribution in [0.1, 0.15) is 15.9 Å². The van der Waals surface area contributed by atoms with Crippen LogP contribution in [0.25, 0.3) is 0 Å². The first-order valence-corrected chi connectivity index (χ1v) is 6.50. The van der Waals surface area contributed by atoms with E-state index in [1.807, 2.05) is 0 Å². The van der Waals surface area contributed by atoms with Gasteiger partial charge in [-0.1, -0.05) is 15.9 Å². The van der Waals surface area contributed by atoms with E-state index < -0.39 is 17.5 Å². The van der Waals surface area contributed by atoms with Gasteiger partial charge in [0, 0.05) is 21.3 Å². The number of benzene rings is 2. The van der Waals surface area contributed by atoms with E-state index in [-0.39, 0.29) is 22.5 Å². The summed E-state index contributed by atoms with van der Waals surface area (Å²) in [7, 11) is 0. The van der Waals surface area contributed by atoms with Gasteiger partial charge in [0.1, 0.15) is 11.6 Å². The standard InChI is InChI=1S/C14H11BrF2N2O/c1-7-11(17)4-8(5-12(7)18)14(20)19-13-6-9(15)2-3-10(13)16/h2-6H,18H2,1H3,(H,19,20).